The number of nitriles is 1. The smallest absolute Gasteiger partial charge is 0.419 e. The predicted octanol–water partition coefficient (Wildman–Crippen LogP) is 5.96. The summed E-state index contributed by atoms with van der Waals surface area (Å²) >= 11 is 0. The molecule has 0 radical (unpaired) electrons. The molecule has 0 aliphatic heterocycles. The van der Waals surface area contributed by atoms with E-state index in [0.717, 1.165) is 11.6 Å². The number of hydrogen-bond acceptors (Lipinski definition) is 2. The third kappa shape index (κ3) is 4.09. The molecular weight excluding hydrogens is 358 g/mol. The van der Waals surface area contributed by atoms with Gasteiger partial charge in [-0.3, -0.25) is 0 Å². The van der Waals surface area contributed by atoms with Crippen LogP contribution in [0.2, 0.25) is 0 Å². The van der Waals surface area contributed by atoms with Gasteiger partial charge in [0.25, 0.3) is 0 Å². The highest BCUT2D eigenvalue weighted by Crippen LogP contribution is 2.36. The summed E-state index contributed by atoms with van der Waals surface area (Å²) in [6.07, 6.45) is -4.79. The largest absolute Gasteiger partial charge is 0.488 e. The molecule has 3 rings (SSSR count). The Kier molecular flexibility index (Phi) is 5.13. The van der Waals surface area contributed by atoms with Crippen LogP contribution < -0.4 is 4.74 Å². The van der Waals surface area contributed by atoms with Crippen molar-refractivity contribution in [3.63, 3.8) is 0 Å². The summed E-state index contributed by atoms with van der Waals surface area (Å²) in [4.78, 5) is 0. The van der Waals surface area contributed by atoms with E-state index < -0.39 is 17.6 Å². The highest BCUT2D eigenvalue weighted by molar-refractivity contribution is 5.68. The molecule has 136 valence electrons. The number of nitrogens with zero attached hydrogens (tertiary/aromatic N) is 1. The van der Waals surface area contributed by atoms with Crippen molar-refractivity contribution in [1.82, 2.24) is 0 Å². The summed E-state index contributed by atoms with van der Waals surface area (Å²) in [6, 6.07) is 18.4. The second-order valence-corrected chi connectivity index (χ2v) is 5.76. The molecule has 0 aliphatic rings. The maximum absolute atomic E-state index is 14.4. The number of hydrogen-bond donors (Lipinski definition) is 0. The fourth-order valence-electron chi connectivity index (χ4n) is 2.61. The second kappa shape index (κ2) is 7.50. The lowest BCUT2D eigenvalue weighted by atomic mass is 10.00. The molecule has 3 aromatic rings. The first kappa shape index (κ1) is 18.5. The van der Waals surface area contributed by atoms with Gasteiger partial charge in [0, 0.05) is 5.56 Å². The normalized spacial score (nSPS) is 11.1. The molecule has 0 bridgehead atoms. The van der Waals surface area contributed by atoms with E-state index in [1.54, 1.807) is 0 Å². The lowest BCUT2D eigenvalue weighted by molar-refractivity contribution is -0.139. The van der Waals surface area contributed by atoms with Crippen molar-refractivity contribution in [3.8, 4) is 22.9 Å². The van der Waals surface area contributed by atoms with Crippen LogP contribution in [0.4, 0.5) is 17.6 Å². The van der Waals surface area contributed by atoms with Crippen molar-refractivity contribution in [2.24, 2.45) is 0 Å². The molecule has 0 N–H and O–H groups in total. The molecule has 0 saturated carbocycles. The Hall–Kier alpha value is -3.33. The Bertz CT molecular complexity index is 991. The van der Waals surface area contributed by atoms with Crippen molar-refractivity contribution in [3.05, 3.63) is 89.2 Å². The van der Waals surface area contributed by atoms with E-state index in [0.29, 0.717) is 6.07 Å². The topological polar surface area (TPSA) is 33.0 Å². The van der Waals surface area contributed by atoms with Crippen molar-refractivity contribution in [2.75, 3.05) is 0 Å². The minimum Gasteiger partial charge on any atom is -0.488 e. The minimum atomic E-state index is -4.79. The van der Waals surface area contributed by atoms with E-state index in [-0.39, 0.29) is 29.0 Å². The Morgan fingerprint density at radius 2 is 1.67 bits per heavy atom. The van der Waals surface area contributed by atoms with Gasteiger partial charge in [-0.25, -0.2) is 4.39 Å². The Labute approximate surface area is 153 Å². The number of halogens is 4. The SMILES string of the molecule is N#Cc1ccc(-c2cccc(C(F)(F)F)c2F)cc1OCc1ccccc1. The van der Waals surface area contributed by atoms with E-state index >= 15 is 0 Å². The van der Waals surface area contributed by atoms with E-state index in [4.69, 9.17) is 4.74 Å². The van der Waals surface area contributed by atoms with Crippen LogP contribution >= 0.6 is 0 Å². The molecular formula is C21H13F4NO. The minimum absolute atomic E-state index is 0.171. The molecule has 0 unspecified atom stereocenters. The molecule has 0 amide bonds. The molecule has 0 saturated heterocycles. The van der Waals surface area contributed by atoms with Crippen LogP contribution in [0, 0.1) is 17.1 Å². The van der Waals surface area contributed by atoms with Gasteiger partial charge < -0.3 is 4.74 Å². The number of rotatable bonds is 4. The molecule has 0 heterocycles. The highest BCUT2D eigenvalue weighted by Gasteiger charge is 2.35. The third-order valence-corrected chi connectivity index (χ3v) is 3.95. The fourth-order valence-corrected chi connectivity index (χ4v) is 2.61. The maximum Gasteiger partial charge on any atom is 0.419 e. The van der Waals surface area contributed by atoms with Gasteiger partial charge in [0.2, 0.25) is 0 Å². The van der Waals surface area contributed by atoms with Crippen LogP contribution in [-0.2, 0) is 12.8 Å². The maximum atomic E-state index is 14.4. The van der Waals surface area contributed by atoms with Crippen molar-refractivity contribution in [2.45, 2.75) is 12.8 Å². The highest BCUT2D eigenvalue weighted by atomic mass is 19.4. The van der Waals surface area contributed by atoms with E-state index in [2.05, 4.69) is 0 Å². The summed E-state index contributed by atoms with van der Waals surface area (Å²) in [5.74, 6) is -1.18. The molecule has 0 aromatic heterocycles. The first-order chi connectivity index (χ1) is 12.9. The van der Waals surface area contributed by atoms with Gasteiger partial charge in [-0.05, 0) is 29.3 Å². The van der Waals surface area contributed by atoms with E-state index in [1.165, 1.54) is 24.3 Å². The third-order valence-electron chi connectivity index (χ3n) is 3.95. The van der Waals surface area contributed by atoms with E-state index in [9.17, 15) is 22.8 Å². The van der Waals surface area contributed by atoms with E-state index in [1.807, 2.05) is 36.4 Å². The summed E-state index contributed by atoms with van der Waals surface area (Å²) < 4.78 is 58.9. The fraction of sp³-hybridized carbons (Fsp3) is 0.0952. The van der Waals surface area contributed by atoms with Crippen LogP contribution in [0.1, 0.15) is 16.7 Å². The van der Waals surface area contributed by atoms with Crippen LogP contribution in [0.15, 0.2) is 66.7 Å². The molecule has 3 aromatic carbocycles. The van der Waals surface area contributed by atoms with Gasteiger partial charge in [-0.15, -0.1) is 0 Å². The van der Waals surface area contributed by atoms with Crippen molar-refractivity contribution < 1.29 is 22.3 Å². The van der Waals surface area contributed by atoms with Crippen LogP contribution in [0.3, 0.4) is 0 Å². The summed E-state index contributed by atoms with van der Waals surface area (Å²) in [6.45, 7) is 0.171. The Balaban J connectivity index is 1.98. The van der Waals surface area contributed by atoms with Crippen LogP contribution in [0.25, 0.3) is 11.1 Å². The molecule has 6 heteroatoms. The number of benzene rings is 3. The monoisotopic (exact) mass is 371 g/mol. The zero-order valence-corrected chi connectivity index (χ0v) is 13.9. The molecule has 0 aliphatic carbocycles. The summed E-state index contributed by atoms with van der Waals surface area (Å²) in [5, 5.41) is 9.23. The molecule has 27 heavy (non-hydrogen) atoms. The molecule has 0 spiro atoms. The standard InChI is InChI=1S/C21H13F4NO/c22-20-17(7-4-8-18(20)21(23,24)25)15-9-10-16(12-26)19(11-15)27-13-14-5-2-1-3-6-14/h1-11H,13H2. The zero-order valence-electron chi connectivity index (χ0n) is 13.9. The molecule has 2 nitrogen and oxygen atoms in total. The Morgan fingerprint density at radius 3 is 2.33 bits per heavy atom. The summed E-state index contributed by atoms with van der Waals surface area (Å²) in [5.41, 5.74) is -0.283. The first-order valence-corrected chi connectivity index (χ1v) is 7.97. The first-order valence-electron chi connectivity index (χ1n) is 7.97. The predicted molar refractivity (Wildman–Crippen MR) is 92.3 cm³/mol. The number of alkyl halides is 3. The number of ether oxygens (including phenoxy) is 1. The lowest BCUT2D eigenvalue weighted by Gasteiger charge is -2.13. The molecule has 0 atom stereocenters. The quantitative estimate of drug-likeness (QED) is 0.530. The van der Waals surface area contributed by atoms with Crippen molar-refractivity contribution in [1.29, 1.82) is 5.26 Å². The van der Waals surface area contributed by atoms with Gasteiger partial charge >= 0.3 is 6.18 Å². The average Bonchev–Trinajstić information content (AvgIpc) is 2.66. The lowest BCUT2D eigenvalue weighted by Crippen LogP contribution is -2.08. The van der Waals surface area contributed by atoms with Gasteiger partial charge in [0.05, 0.1) is 11.1 Å². The average molecular weight is 371 g/mol. The van der Waals surface area contributed by atoms with Crippen molar-refractivity contribution >= 4 is 0 Å². The van der Waals surface area contributed by atoms with Crippen LogP contribution in [0.5, 0.6) is 5.75 Å². The van der Waals surface area contributed by atoms with Gasteiger partial charge in [0.15, 0.2) is 0 Å². The van der Waals surface area contributed by atoms with Gasteiger partial charge in [-0.2, -0.15) is 18.4 Å². The van der Waals surface area contributed by atoms with Crippen LogP contribution in [-0.4, -0.2) is 0 Å². The molecule has 0 fully saturated rings. The zero-order chi connectivity index (χ0) is 19.4. The summed E-state index contributed by atoms with van der Waals surface area (Å²) in [7, 11) is 0. The second-order valence-electron chi connectivity index (χ2n) is 5.76. The van der Waals surface area contributed by atoms with Gasteiger partial charge in [0.1, 0.15) is 24.2 Å². The Morgan fingerprint density at radius 1 is 0.926 bits per heavy atom. The van der Waals surface area contributed by atoms with Gasteiger partial charge in [-0.1, -0.05) is 48.5 Å².